The summed E-state index contributed by atoms with van der Waals surface area (Å²) >= 11 is 5.87. The van der Waals surface area contributed by atoms with Crippen LogP contribution in [0.15, 0.2) is 47.6 Å². The van der Waals surface area contributed by atoms with Gasteiger partial charge < -0.3 is 9.47 Å². The summed E-state index contributed by atoms with van der Waals surface area (Å²) in [5, 5.41) is 4.53. The second kappa shape index (κ2) is 6.49. The number of hydrogen-bond acceptors (Lipinski definition) is 4. The first-order chi connectivity index (χ1) is 10.7. The summed E-state index contributed by atoms with van der Waals surface area (Å²) in [5.41, 5.74) is 4.13. The van der Waals surface area contributed by atoms with Gasteiger partial charge >= 0.3 is 0 Å². The maximum atomic E-state index is 11.8. The Labute approximate surface area is 132 Å². The summed E-state index contributed by atoms with van der Waals surface area (Å²) in [7, 11) is 0. The Bertz CT molecular complexity index is 731. The Morgan fingerprint density at radius 1 is 1.23 bits per heavy atom. The monoisotopic (exact) mass is 316 g/mol. The largest absolute Gasteiger partial charge is 0.454 e. The Kier molecular flexibility index (Phi) is 4.25. The topological polar surface area (TPSA) is 59.9 Å². The number of benzene rings is 2. The lowest BCUT2D eigenvalue weighted by Gasteiger charge is -2.02. The quantitative estimate of drug-likeness (QED) is 0.697. The SMILES string of the molecule is O=C(Cc1ccc2c(c1)OCO2)N/N=C/c1cccc(Cl)c1. The maximum Gasteiger partial charge on any atom is 0.244 e. The second-order valence-electron chi connectivity index (χ2n) is 4.71. The van der Waals surface area contributed by atoms with Crippen LogP contribution < -0.4 is 14.9 Å². The minimum Gasteiger partial charge on any atom is -0.454 e. The summed E-state index contributed by atoms with van der Waals surface area (Å²) in [6.45, 7) is 0.217. The molecule has 0 atom stereocenters. The molecule has 1 aliphatic rings. The van der Waals surface area contributed by atoms with Crippen LogP contribution in [0.3, 0.4) is 0 Å². The molecule has 0 spiro atoms. The van der Waals surface area contributed by atoms with Crippen LogP contribution in [0.5, 0.6) is 11.5 Å². The fourth-order valence-corrected chi connectivity index (χ4v) is 2.24. The third-order valence-electron chi connectivity index (χ3n) is 3.05. The van der Waals surface area contributed by atoms with Crippen molar-refractivity contribution in [3.63, 3.8) is 0 Å². The van der Waals surface area contributed by atoms with Crippen molar-refractivity contribution in [2.24, 2.45) is 5.10 Å². The minimum atomic E-state index is -0.211. The van der Waals surface area contributed by atoms with E-state index in [1.165, 1.54) is 0 Å². The standard InChI is InChI=1S/C16H13ClN2O3/c17-13-3-1-2-12(6-13)9-18-19-16(20)8-11-4-5-14-15(7-11)22-10-21-14/h1-7,9H,8,10H2,(H,19,20)/b18-9+. The number of ether oxygens (including phenoxy) is 2. The van der Waals surface area contributed by atoms with Crippen molar-refractivity contribution < 1.29 is 14.3 Å². The van der Waals surface area contributed by atoms with E-state index in [1.807, 2.05) is 18.2 Å². The van der Waals surface area contributed by atoms with Gasteiger partial charge in [-0.15, -0.1) is 0 Å². The van der Waals surface area contributed by atoms with E-state index < -0.39 is 0 Å². The highest BCUT2D eigenvalue weighted by molar-refractivity contribution is 6.30. The minimum absolute atomic E-state index is 0.211. The number of hydrogen-bond donors (Lipinski definition) is 1. The fourth-order valence-electron chi connectivity index (χ4n) is 2.04. The molecule has 0 unspecified atom stereocenters. The second-order valence-corrected chi connectivity index (χ2v) is 5.15. The molecule has 2 aromatic carbocycles. The molecule has 6 heteroatoms. The van der Waals surface area contributed by atoms with Gasteiger partial charge in [0.15, 0.2) is 11.5 Å². The molecule has 0 bridgehead atoms. The van der Waals surface area contributed by atoms with E-state index in [0.717, 1.165) is 11.1 Å². The first-order valence-corrected chi connectivity index (χ1v) is 7.04. The normalized spacial score (nSPS) is 12.6. The zero-order valence-electron chi connectivity index (χ0n) is 11.6. The molecular formula is C16H13ClN2O3. The van der Waals surface area contributed by atoms with Gasteiger partial charge in [-0.05, 0) is 35.4 Å². The van der Waals surface area contributed by atoms with Crippen molar-refractivity contribution in [3.8, 4) is 11.5 Å². The van der Waals surface area contributed by atoms with Gasteiger partial charge in [-0.1, -0.05) is 29.8 Å². The van der Waals surface area contributed by atoms with Crippen LogP contribution in [0.25, 0.3) is 0 Å². The highest BCUT2D eigenvalue weighted by Gasteiger charge is 2.14. The van der Waals surface area contributed by atoms with E-state index >= 15 is 0 Å². The molecule has 0 aromatic heterocycles. The lowest BCUT2D eigenvalue weighted by Crippen LogP contribution is -2.19. The van der Waals surface area contributed by atoms with E-state index in [-0.39, 0.29) is 19.1 Å². The smallest absolute Gasteiger partial charge is 0.244 e. The lowest BCUT2D eigenvalue weighted by molar-refractivity contribution is -0.120. The van der Waals surface area contributed by atoms with Gasteiger partial charge in [0.1, 0.15) is 0 Å². The molecule has 5 nitrogen and oxygen atoms in total. The predicted octanol–water partition coefficient (Wildman–Crippen LogP) is 2.76. The lowest BCUT2D eigenvalue weighted by atomic mass is 10.1. The summed E-state index contributed by atoms with van der Waals surface area (Å²) < 4.78 is 10.5. The van der Waals surface area contributed by atoms with Crippen molar-refractivity contribution in [2.45, 2.75) is 6.42 Å². The van der Waals surface area contributed by atoms with E-state index in [2.05, 4.69) is 10.5 Å². The van der Waals surface area contributed by atoms with Crippen molar-refractivity contribution in [1.29, 1.82) is 0 Å². The molecule has 112 valence electrons. The van der Waals surface area contributed by atoms with E-state index in [9.17, 15) is 4.79 Å². The van der Waals surface area contributed by atoms with Gasteiger partial charge in [-0.3, -0.25) is 4.79 Å². The van der Waals surface area contributed by atoms with Crippen LogP contribution in [-0.2, 0) is 11.2 Å². The van der Waals surface area contributed by atoms with E-state index in [0.29, 0.717) is 16.5 Å². The molecule has 3 rings (SSSR count). The number of carbonyl (C=O) groups excluding carboxylic acids is 1. The molecule has 1 aliphatic heterocycles. The molecule has 1 N–H and O–H groups in total. The average molecular weight is 317 g/mol. The maximum absolute atomic E-state index is 11.8. The number of carbonyl (C=O) groups is 1. The van der Waals surface area contributed by atoms with Gasteiger partial charge in [-0.25, -0.2) is 5.43 Å². The number of fused-ring (bicyclic) bond motifs is 1. The summed E-state index contributed by atoms with van der Waals surface area (Å²) in [5.74, 6) is 1.15. The van der Waals surface area contributed by atoms with Crippen LogP contribution >= 0.6 is 11.6 Å². The number of halogens is 1. The number of nitrogens with zero attached hydrogens (tertiary/aromatic N) is 1. The van der Waals surface area contributed by atoms with Crippen LogP contribution in [-0.4, -0.2) is 18.9 Å². The zero-order valence-corrected chi connectivity index (χ0v) is 12.3. The van der Waals surface area contributed by atoms with Crippen molar-refractivity contribution in [2.75, 3.05) is 6.79 Å². The fraction of sp³-hybridized carbons (Fsp3) is 0.125. The summed E-state index contributed by atoms with van der Waals surface area (Å²) in [6.07, 6.45) is 1.76. The van der Waals surface area contributed by atoms with Gasteiger partial charge in [0.2, 0.25) is 12.7 Å². The molecule has 1 heterocycles. The number of rotatable bonds is 4. The Morgan fingerprint density at radius 2 is 2.09 bits per heavy atom. The molecule has 0 fully saturated rings. The molecule has 0 saturated heterocycles. The number of hydrazone groups is 1. The van der Waals surface area contributed by atoms with Crippen LogP contribution in [0.1, 0.15) is 11.1 Å². The van der Waals surface area contributed by atoms with Gasteiger partial charge in [0.25, 0.3) is 0 Å². The summed E-state index contributed by atoms with van der Waals surface area (Å²) in [4.78, 5) is 11.8. The molecule has 0 radical (unpaired) electrons. The van der Waals surface area contributed by atoms with Crippen LogP contribution in [0, 0.1) is 0 Å². The van der Waals surface area contributed by atoms with Crippen molar-refractivity contribution in [3.05, 3.63) is 58.6 Å². The molecule has 22 heavy (non-hydrogen) atoms. The van der Waals surface area contributed by atoms with Gasteiger partial charge in [0.05, 0.1) is 12.6 Å². The Balaban J connectivity index is 1.56. The first kappa shape index (κ1) is 14.4. The summed E-state index contributed by atoms with van der Waals surface area (Å²) in [6, 6.07) is 12.6. The van der Waals surface area contributed by atoms with Crippen molar-refractivity contribution in [1.82, 2.24) is 5.43 Å². The molecule has 1 amide bonds. The third-order valence-corrected chi connectivity index (χ3v) is 3.29. The number of nitrogens with one attached hydrogen (secondary N) is 1. The Hall–Kier alpha value is -2.53. The molecule has 0 aliphatic carbocycles. The van der Waals surface area contributed by atoms with E-state index in [4.69, 9.17) is 21.1 Å². The zero-order chi connectivity index (χ0) is 15.4. The molecular weight excluding hydrogens is 304 g/mol. The average Bonchev–Trinajstić information content (AvgIpc) is 2.95. The van der Waals surface area contributed by atoms with Gasteiger partial charge in [-0.2, -0.15) is 5.10 Å². The van der Waals surface area contributed by atoms with Crippen LogP contribution in [0.4, 0.5) is 0 Å². The number of amides is 1. The Morgan fingerprint density at radius 3 is 2.95 bits per heavy atom. The van der Waals surface area contributed by atoms with E-state index in [1.54, 1.807) is 30.5 Å². The predicted molar refractivity (Wildman–Crippen MR) is 83.5 cm³/mol. The van der Waals surface area contributed by atoms with Crippen LogP contribution in [0.2, 0.25) is 5.02 Å². The highest BCUT2D eigenvalue weighted by atomic mass is 35.5. The molecule has 0 saturated carbocycles. The van der Waals surface area contributed by atoms with Crippen molar-refractivity contribution >= 4 is 23.7 Å². The highest BCUT2D eigenvalue weighted by Crippen LogP contribution is 2.32. The van der Waals surface area contributed by atoms with Gasteiger partial charge in [0, 0.05) is 5.02 Å². The first-order valence-electron chi connectivity index (χ1n) is 6.67. The third kappa shape index (κ3) is 3.56. The molecule has 2 aromatic rings.